The van der Waals surface area contributed by atoms with Crippen molar-refractivity contribution in [2.45, 2.75) is 25.9 Å². The molecule has 0 fully saturated rings. The summed E-state index contributed by atoms with van der Waals surface area (Å²) in [6.07, 6.45) is 1.73. The summed E-state index contributed by atoms with van der Waals surface area (Å²) in [6, 6.07) is 7.08. The molecular weight excluding hydrogens is 338 g/mol. The van der Waals surface area contributed by atoms with Crippen molar-refractivity contribution in [1.29, 1.82) is 0 Å². The highest BCUT2D eigenvalue weighted by molar-refractivity contribution is 7.17. The number of carbonyl (C=O) groups is 1. The van der Waals surface area contributed by atoms with Crippen LogP contribution in [0.1, 0.15) is 36.1 Å². The quantitative estimate of drug-likeness (QED) is 0.626. The number of amides is 1. The van der Waals surface area contributed by atoms with Gasteiger partial charge in [0.15, 0.2) is 5.69 Å². The first-order valence-electron chi connectivity index (χ1n) is 7.93. The van der Waals surface area contributed by atoms with Crippen molar-refractivity contribution >= 4 is 33.4 Å². The predicted octanol–water partition coefficient (Wildman–Crippen LogP) is 2.37. The van der Waals surface area contributed by atoms with Crippen molar-refractivity contribution in [3.8, 4) is 0 Å². The van der Waals surface area contributed by atoms with Crippen LogP contribution in [0.3, 0.4) is 0 Å². The SMILES string of the molecule is C[C@H](Nc1nc(C(=O)N[C@@H](C)CO)c2sccc2n1)c1ccccn1. The van der Waals surface area contributed by atoms with Gasteiger partial charge in [0.25, 0.3) is 5.91 Å². The average molecular weight is 357 g/mol. The number of nitrogens with one attached hydrogen (secondary N) is 2. The Balaban J connectivity index is 1.90. The van der Waals surface area contributed by atoms with E-state index in [0.29, 0.717) is 17.2 Å². The molecule has 25 heavy (non-hydrogen) atoms. The third kappa shape index (κ3) is 3.92. The lowest BCUT2D eigenvalue weighted by Gasteiger charge is -2.15. The number of hydrogen-bond acceptors (Lipinski definition) is 7. The van der Waals surface area contributed by atoms with E-state index in [4.69, 9.17) is 5.11 Å². The molecule has 0 radical (unpaired) electrons. The summed E-state index contributed by atoms with van der Waals surface area (Å²) in [7, 11) is 0. The van der Waals surface area contributed by atoms with Crippen LogP contribution in [0.4, 0.5) is 5.95 Å². The minimum atomic E-state index is -0.346. The van der Waals surface area contributed by atoms with Gasteiger partial charge in [0.05, 0.1) is 28.6 Å². The van der Waals surface area contributed by atoms with Gasteiger partial charge in [0, 0.05) is 12.2 Å². The van der Waals surface area contributed by atoms with Crippen LogP contribution in [0.15, 0.2) is 35.8 Å². The number of carbonyl (C=O) groups excluding carboxylic acids is 1. The van der Waals surface area contributed by atoms with Crippen LogP contribution in [0.25, 0.3) is 10.2 Å². The monoisotopic (exact) mass is 357 g/mol. The van der Waals surface area contributed by atoms with E-state index in [1.165, 1.54) is 11.3 Å². The molecular formula is C17H19N5O2S. The molecule has 3 rings (SSSR count). The minimum Gasteiger partial charge on any atom is -0.394 e. The summed E-state index contributed by atoms with van der Waals surface area (Å²) in [5.41, 5.74) is 1.87. The lowest BCUT2D eigenvalue weighted by molar-refractivity contribution is 0.0919. The van der Waals surface area contributed by atoms with E-state index in [-0.39, 0.29) is 24.6 Å². The maximum Gasteiger partial charge on any atom is 0.271 e. The fourth-order valence-electron chi connectivity index (χ4n) is 2.32. The van der Waals surface area contributed by atoms with Gasteiger partial charge in [-0.2, -0.15) is 0 Å². The van der Waals surface area contributed by atoms with Gasteiger partial charge >= 0.3 is 0 Å². The summed E-state index contributed by atoms with van der Waals surface area (Å²) in [6.45, 7) is 3.55. The van der Waals surface area contributed by atoms with Crippen molar-refractivity contribution in [1.82, 2.24) is 20.3 Å². The molecule has 0 saturated heterocycles. The van der Waals surface area contributed by atoms with E-state index in [1.54, 1.807) is 13.1 Å². The molecule has 8 heteroatoms. The number of pyridine rings is 1. The van der Waals surface area contributed by atoms with E-state index in [9.17, 15) is 4.79 Å². The van der Waals surface area contributed by atoms with Gasteiger partial charge < -0.3 is 15.7 Å². The second-order valence-electron chi connectivity index (χ2n) is 5.71. The molecule has 1 amide bonds. The topological polar surface area (TPSA) is 100 Å². The van der Waals surface area contributed by atoms with Gasteiger partial charge in [-0.1, -0.05) is 6.07 Å². The first-order chi connectivity index (χ1) is 12.1. The first kappa shape index (κ1) is 17.2. The zero-order valence-corrected chi connectivity index (χ0v) is 14.7. The van der Waals surface area contributed by atoms with Gasteiger partial charge in [-0.25, -0.2) is 9.97 Å². The largest absolute Gasteiger partial charge is 0.394 e. The summed E-state index contributed by atoms with van der Waals surface area (Å²) in [4.78, 5) is 25.7. The van der Waals surface area contributed by atoms with Crippen molar-refractivity contribution in [3.63, 3.8) is 0 Å². The summed E-state index contributed by atoms with van der Waals surface area (Å²) >= 11 is 1.41. The number of hydrogen-bond donors (Lipinski definition) is 3. The van der Waals surface area contributed by atoms with E-state index in [1.807, 2.05) is 36.6 Å². The van der Waals surface area contributed by atoms with Crippen LogP contribution in [-0.2, 0) is 0 Å². The Morgan fingerprint density at radius 1 is 1.28 bits per heavy atom. The Morgan fingerprint density at radius 2 is 2.12 bits per heavy atom. The Hall–Kier alpha value is -2.58. The highest BCUT2D eigenvalue weighted by atomic mass is 32.1. The second kappa shape index (κ2) is 7.54. The molecule has 3 aromatic rings. The smallest absolute Gasteiger partial charge is 0.271 e. The molecule has 0 bridgehead atoms. The Labute approximate surface area is 149 Å². The molecule has 130 valence electrons. The molecule has 2 atom stereocenters. The zero-order valence-electron chi connectivity index (χ0n) is 13.9. The first-order valence-corrected chi connectivity index (χ1v) is 8.81. The maximum atomic E-state index is 12.5. The normalized spacial score (nSPS) is 13.4. The standard InChI is InChI=1S/C17H19N5O2S/c1-10(9-23)19-16(24)14-15-13(6-8-25-15)21-17(22-14)20-11(2)12-5-3-4-7-18-12/h3-8,10-11,23H,9H2,1-2H3,(H,19,24)(H,20,21,22)/t10-,11-/m0/s1. The summed E-state index contributed by atoms with van der Waals surface area (Å²) in [5.74, 6) is 0.0378. The maximum absolute atomic E-state index is 12.5. The van der Waals surface area contributed by atoms with Crippen molar-refractivity contribution in [2.75, 3.05) is 11.9 Å². The second-order valence-corrected chi connectivity index (χ2v) is 6.62. The predicted molar refractivity (Wildman–Crippen MR) is 97.7 cm³/mol. The van der Waals surface area contributed by atoms with Crippen LogP contribution >= 0.6 is 11.3 Å². The van der Waals surface area contributed by atoms with Crippen LogP contribution in [0.5, 0.6) is 0 Å². The van der Waals surface area contributed by atoms with Crippen LogP contribution in [0.2, 0.25) is 0 Å². The van der Waals surface area contributed by atoms with Crippen molar-refractivity contribution in [2.24, 2.45) is 0 Å². The molecule has 0 aliphatic heterocycles. The molecule has 7 nitrogen and oxygen atoms in total. The fourth-order valence-corrected chi connectivity index (χ4v) is 3.14. The number of fused-ring (bicyclic) bond motifs is 1. The molecule has 0 aromatic carbocycles. The Bertz CT molecular complexity index is 868. The van der Waals surface area contributed by atoms with Crippen LogP contribution < -0.4 is 10.6 Å². The molecule has 3 heterocycles. The molecule has 0 aliphatic rings. The van der Waals surface area contributed by atoms with Crippen LogP contribution in [-0.4, -0.2) is 38.6 Å². The third-order valence-electron chi connectivity index (χ3n) is 3.65. The number of nitrogens with zero attached hydrogens (tertiary/aromatic N) is 3. The molecule has 0 unspecified atom stereocenters. The third-order valence-corrected chi connectivity index (χ3v) is 4.56. The fraction of sp³-hybridized carbons (Fsp3) is 0.294. The number of anilines is 1. The van der Waals surface area contributed by atoms with E-state index < -0.39 is 0 Å². The molecule has 3 N–H and O–H groups in total. The van der Waals surface area contributed by atoms with Crippen LogP contribution in [0, 0.1) is 0 Å². The number of aromatic nitrogens is 3. The average Bonchev–Trinajstić information content (AvgIpc) is 3.10. The highest BCUT2D eigenvalue weighted by Crippen LogP contribution is 2.25. The van der Waals surface area contributed by atoms with Gasteiger partial charge in [-0.05, 0) is 37.4 Å². The number of rotatable bonds is 6. The molecule has 3 aromatic heterocycles. The van der Waals surface area contributed by atoms with E-state index >= 15 is 0 Å². The molecule has 0 saturated carbocycles. The van der Waals surface area contributed by atoms with Crippen molar-refractivity contribution < 1.29 is 9.90 Å². The summed E-state index contributed by atoms with van der Waals surface area (Å²) < 4.78 is 0.721. The van der Waals surface area contributed by atoms with Crippen molar-refractivity contribution in [3.05, 3.63) is 47.2 Å². The Morgan fingerprint density at radius 3 is 2.84 bits per heavy atom. The lowest BCUT2D eigenvalue weighted by atomic mass is 10.2. The number of aliphatic hydroxyl groups is 1. The zero-order chi connectivity index (χ0) is 17.8. The van der Waals surface area contributed by atoms with E-state index in [2.05, 4.69) is 25.6 Å². The number of thiophene rings is 1. The van der Waals surface area contributed by atoms with E-state index in [0.717, 1.165) is 10.4 Å². The highest BCUT2D eigenvalue weighted by Gasteiger charge is 2.18. The minimum absolute atomic E-state index is 0.107. The molecule has 0 spiro atoms. The molecule has 0 aliphatic carbocycles. The van der Waals surface area contributed by atoms with Gasteiger partial charge in [0.1, 0.15) is 0 Å². The van der Waals surface area contributed by atoms with Gasteiger partial charge in [-0.15, -0.1) is 11.3 Å². The van der Waals surface area contributed by atoms with Gasteiger partial charge in [0.2, 0.25) is 5.95 Å². The van der Waals surface area contributed by atoms with Gasteiger partial charge in [-0.3, -0.25) is 9.78 Å². The number of aliphatic hydroxyl groups excluding tert-OH is 1. The lowest BCUT2D eigenvalue weighted by Crippen LogP contribution is -2.35. The Kier molecular flexibility index (Phi) is 5.20. The summed E-state index contributed by atoms with van der Waals surface area (Å²) in [5, 5.41) is 16.9.